The molecule has 0 bridgehead atoms. The molecule has 2 fully saturated rings. The fourth-order valence-electron chi connectivity index (χ4n) is 2.58. The number of hydrogen-bond donors (Lipinski definition) is 0. The zero-order valence-electron chi connectivity index (χ0n) is 10.8. The van der Waals surface area contributed by atoms with Crippen LogP contribution in [-0.4, -0.2) is 36.6 Å². The molecule has 19 heavy (non-hydrogen) atoms. The minimum absolute atomic E-state index is 0.108. The maximum atomic E-state index is 12.6. The zero-order valence-corrected chi connectivity index (χ0v) is 11.6. The van der Waals surface area contributed by atoms with Crippen molar-refractivity contribution in [2.24, 2.45) is 5.92 Å². The largest absolute Gasteiger partial charge is 0.381 e. The molecule has 1 amide bonds. The van der Waals surface area contributed by atoms with Crippen LogP contribution in [0.2, 0.25) is 5.02 Å². The van der Waals surface area contributed by atoms with Gasteiger partial charge in [0.1, 0.15) is 0 Å². The number of rotatable bonds is 4. The maximum absolute atomic E-state index is 12.6. The van der Waals surface area contributed by atoms with E-state index in [1.54, 1.807) is 12.1 Å². The van der Waals surface area contributed by atoms with Crippen LogP contribution in [0.5, 0.6) is 0 Å². The Kier molecular flexibility index (Phi) is 3.76. The molecule has 1 aliphatic carbocycles. The lowest BCUT2D eigenvalue weighted by Crippen LogP contribution is -2.37. The number of amides is 1. The highest BCUT2D eigenvalue weighted by Crippen LogP contribution is 2.30. The van der Waals surface area contributed by atoms with Crippen LogP contribution in [0.4, 0.5) is 0 Å². The number of carbonyl (C=O) groups is 1. The molecule has 0 N–H and O–H groups in total. The predicted octanol–water partition coefficient (Wildman–Crippen LogP) is 2.98. The molecule has 1 saturated carbocycles. The van der Waals surface area contributed by atoms with Gasteiger partial charge in [0.25, 0.3) is 5.91 Å². The summed E-state index contributed by atoms with van der Waals surface area (Å²) in [6.07, 6.45) is 3.31. The molecule has 4 heteroatoms. The Bertz CT molecular complexity index is 467. The van der Waals surface area contributed by atoms with Crippen LogP contribution in [0.15, 0.2) is 24.3 Å². The molecule has 1 saturated heterocycles. The van der Waals surface area contributed by atoms with E-state index in [2.05, 4.69) is 0 Å². The van der Waals surface area contributed by atoms with E-state index in [4.69, 9.17) is 16.3 Å². The third-order valence-corrected chi connectivity index (χ3v) is 4.03. The minimum atomic E-state index is 0.108. The molecular formula is C15H18ClNO2. The number of ether oxygens (including phenoxy) is 1. The molecule has 1 aromatic rings. The number of hydrogen-bond acceptors (Lipinski definition) is 2. The zero-order chi connectivity index (χ0) is 13.2. The number of carbonyl (C=O) groups excluding carboxylic acids is 1. The highest BCUT2D eigenvalue weighted by atomic mass is 35.5. The second-order valence-corrected chi connectivity index (χ2v) is 5.87. The SMILES string of the molecule is O=C(c1cccc(Cl)c1)N(CC1CCOC1)C1CC1. The Labute approximate surface area is 118 Å². The van der Waals surface area contributed by atoms with Crippen molar-refractivity contribution in [1.82, 2.24) is 4.90 Å². The van der Waals surface area contributed by atoms with Crippen LogP contribution in [-0.2, 0) is 4.74 Å². The Hall–Kier alpha value is -1.06. The summed E-state index contributed by atoms with van der Waals surface area (Å²) >= 11 is 5.97. The van der Waals surface area contributed by atoms with Gasteiger partial charge in [-0.25, -0.2) is 0 Å². The van der Waals surface area contributed by atoms with E-state index in [-0.39, 0.29) is 5.91 Å². The fraction of sp³-hybridized carbons (Fsp3) is 0.533. The standard InChI is InChI=1S/C15H18ClNO2/c16-13-3-1-2-12(8-13)15(18)17(14-4-5-14)9-11-6-7-19-10-11/h1-3,8,11,14H,4-7,9-10H2. The monoisotopic (exact) mass is 279 g/mol. The van der Waals surface area contributed by atoms with Crippen molar-refractivity contribution in [3.63, 3.8) is 0 Å². The van der Waals surface area contributed by atoms with Gasteiger partial charge in [0, 0.05) is 35.7 Å². The Morgan fingerprint density at radius 3 is 2.84 bits per heavy atom. The van der Waals surface area contributed by atoms with Gasteiger partial charge in [0.05, 0.1) is 6.61 Å². The summed E-state index contributed by atoms with van der Waals surface area (Å²) in [4.78, 5) is 14.6. The third kappa shape index (κ3) is 3.10. The molecule has 0 radical (unpaired) electrons. The van der Waals surface area contributed by atoms with Crippen LogP contribution in [0.3, 0.4) is 0 Å². The molecule has 1 heterocycles. The molecule has 1 unspecified atom stereocenters. The molecule has 102 valence electrons. The van der Waals surface area contributed by atoms with Crippen LogP contribution in [0, 0.1) is 5.92 Å². The molecule has 2 aliphatic rings. The lowest BCUT2D eigenvalue weighted by atomic mass is 10.1. The summed E-state index contributed by atoms with van der Waals surface area (Å²) in [7, 11) is 0. The van der Waals surface area contributed by atoms with Gasteiger partial charge >= 0.3 is 0 Å². The van der Waals surface area contributed by atoms with Gasteiger partial charge in [-0.05, 0) is 37.5 Å². The molecule has 0 spiro atoms. The maximum Gasteiger partial charge on any atom is 0.254 e. The summed E-state index contributed by atoms with van der Waals surface area (Å²) in [6.45, 7) is 2.43. The molecule has 1 atom stereocenters. The van der Waals surface area contributed by atoms with Gasteiger partial charge in [0.2, 0.25) is 0 Å². The first kappa shape index (κ1) is 12.9. The summed E-state index contributed by atoms with van der Waals surface area (Å²) < 4.78 is 5.40. The topological polar surface area (TPSA) is 29.5 Å². The number of nitrogens with zero attached hydrogens (tertiary/aromatic N) is 1. The third-order valence-electron chi connectivity index (χ3n) is 3.80. The van der Waals surface area contributed by atoms with E-state index in [1.807, 2.05) is 17.0 Å². The van der Waals surface area contributed by atoms with E-state index < -0.39 is 0 Å². The van der Waals surface area contributed by atoms with Gasteiger partial charge in [-0.2, -0.15) is 0 Å². The first-order valence-electron chi connectivity index (χ1n) is 6.88. The Morgan fingerprint density at radius 1 is 1.37 bits per heavy atom. The van der Waals surface area contributed by atoms with Crippen LogP contribution < -0.4 is 0 Å². The Balaban J connectivity index is 1.73. The number of benzene rings is 1. The summed E-state index contributed by atoms with van der Waals surface area (Å²) in [6, 6.07) is 7.65. The highest BCUT2D eigenvalue weighted by Gasteiger charge is 2.35. The summed E-state index contributed by atoms with van der Waals surface area (Å²) in [5.41, 5.74) is 0.693. The van der Waals surface area contributed by atoms with Crippen LogP contribution in [0.1, 0.15) is 29.6 Å². The van der Waals surface area contributed by atoms with Crippen LogP contribution >= 0.6 is 11.6 Å². The lowest BCUT2D eigenvalue weighted by Gasteiger charge is -2.25. The second kappa shape index (κ2) is 5.51. The van der Waals surface area contributed by atoms with E-state index in [0.29, 0.717) is 22.5 Å². The predicted molar refractivity (Wildman–Crippen MR) is 74.4 cm³/mol. The van der Waals surface area contributed by atoms with Gasteiger partial charge in [-0.3, -0.25) is 4.79 Å². The van der Waals surface area contributed by atoms with Gasteiger partial charge < -0.3 is 9.64 Å². The van der Waals surface area contributed by atoms with Gasteiger partial charge in [0.15, 0.2) is 0 Å². The first-order valence-corrected chi connectivity index (χ1v) is 7.26. The Morgan fingerprint density at radius 2 is 2.21 bits per heavy atom. The molecule has 3 rings (SSSR count). The number of halogens is 1. The van der Waals surface area contributed by atoms with Gasteiger partial charge in [-0.15, -0.1) is 0 Å². The second-order valence-electron chi connectivity index (χ2n) is 5.43. The normalized spacial score (nSPS) is 22.5. The fourth-order valence-corrected chi connectivity index (χ4v) is 2.77. The van der Waals surface area contributed by atoms with E-state index >= 15 is 0 Å². The van der Waals surface area contributed by atoms with E-state index in [9.17, 15) is 4.79 Å². The van der Waals surface area contributed by atoms with Crippen molar-refractivity contribution >= 4 is 17.5 Å². The van der Waals surface area contributed by atoms with E-state index in [1.165, 1.54) is 0 Å². The average Bonchev–Trinajstić information content (AvgIpc) is 3.12. The highest BCUT2D eigenvalue weighted by molar-refractivity contribution is 6.30. The molecule has 3 nitrogen and oxygen atoms in total. The molecule has 0 aromatic heterocycles. The van der Waals surface area contributed by atoms with E-state index in [0.717, 1.165) is 39.0 Å². The lowest BCUT2D eigenvalue weighted by molar-refractivity contribution is 0.0706. The smallest absolute Gasteiger partial charge is 0.254 e. The van der Waals surface area contributed by atoms with Crippen LogP contribution in [0.25, 0.3) is 0 Å². The summed E-state index contributed by atoms with van der Waals surface area (Å²) in [5, 5.41) is 0.616. The van der Waals surface area contributed by atoms with Crippen molar-refractivity contribution in [3.05, 3.63) is 34.9 Å². The minimum Gasteiger partial charge on any atom is -0.381 e. The van der Waals surface area contributed by atoms with Gasteiger partial charge in [-0.1, -0.05) is 17.7 Å². The molecular weight excluding hydrogens is 262 g/mol. The first-order chi connectivity index (χ1) is 9.24. The van der Waals surface area contributed by atoms with Crippen molar-refractivity contribution < 1.29 is 9.53 Å². The van der Waals surface area contributed by atoms with Crippen molar-refractivity contribution in [3.8, 4) is 0 Å². The average molecular weight is 280 g/mol. The van der Waals surface area contributed by atoms with Crippen molar-refractivity contribution in [1.29, 1.82) is 0 Å². The quantitative estimate of drug-likeness (QED) is 0.848. The summed E-state index contributed by atoms with van der Waals surface area (Å²) in [5.74, 6) is 0.598. The molecule has 1 aliphatic heterocycles. The van der Waals surface area contributed by atoms with Crippen molar-refractivity contribution in [2.75, 3.05) is 19.8 Å². The van der Waals surface area contributed by atoms with Crippen molar-refractivity contribution in [2.45, 2.75) is 25.3 Å². The molecule has 1 aromatic carbocycles.